The molecule has 0 saturated carbocycles. The second-order valence-electron chi connectivity index (χ2n) is 4.69. The Balaban J connectivity index is 1.76. The lowest BCUT2D eigenvalue weighted by Gasteiger charge is -2.00. The zero-order chi connectivity index (χ0) is 16.4. The van der Waals surface area contributed by atoms with Gasteiger partial charge in [0.1, 0.15) is 5.76 Å². The van der Waals surface area contributed by atoms with Crippen molar-refractivity contribution in [2.45, 2.75) is 6.92 Å². The van der Waals surface area contributed by atoms with Crippen LogP contribution < -0.4 is 5.32 Å². The summed E-state index contributed by atoms with van der Waals surface area (Å²) in [7, 11) is 0. The fourth-order valence-electron chi connectivity index (χ4n) is 2.00. The van der Waals surface area contributed by atoms with E-state index in [-0.39, 0.29) is 11.6 Å². The number of nitro groups is 1. The molecule has 7 nitrogen and oxygen atoms in total. The number of nitro benzene ring substituents is 1. The van der Waals surface area contributed by atoms with Crippen LogP contribution in [0.4, 0.5) is 10.8 Å². The van der Waals surface area contributed by atoms with Gasteiger partial charge in [0, 0.05) is 23.1 Å². The molecule has 2 aromatic heterocycles. The molecule has 23 heavy (non-hydrogen) atoms. The summed E-state index contributed by atoms with van der Waals surface area (Å²) < 4.78 is 5.10. The average Bonchev–Trinajstić information content (AvgIpc) is 3.16. The highest BCUT2D eigenvalue weighted by Gasteiger charge is 2.14. The number of nitrogens with zero attached hydrogens (tertiary/aromatic N) is 2. The van der Waals surface area contributed by atoms with Crippen molar-refractivity contribution in [2.75, 3.05) is 5.32 Å². The number of nitrogens with one attached hydrogen (secondary N) is 1. The second kappa shape index (κ2) is 6.01. The largest absolute Gasteiger partial charge is 0.469 e. The van der Waals surface area contributed by atoms with Crippen LogP contribution in [0.25, 0.3) is 11.3 Å². The standard InChI is InChI=1S/C15H11N3O4S/c1-9-12(6-7-22-9)14(19)17-15-16-13(8-23-15)10-2-4-11(5-3-10)18(20)21/h2-8H,1H3,(H,16,17,19). The van der Waals surface area contributed by atoms with E-state index >= 15 is 0 Å². The van der Waals surface area contributed by atoms with Crippen LogP contribution in [0.2, 0.25) is 0 Å². The van der Waals surface area contributed by atoms with Crippen molar-refractivity contribution in [1.82, 2.24) is 4.98 Å². The molecule has 2 heterocycles. The molecule has 0 saturated heterocycles. The number of carbonyl (C=O) groups is 1. The average molecular weight is 329 g/mol. The number of non-ortho nitro benzene ring substituents is 1. The SMILES string of the molecule is Cc1occc1C(=O)Nc1nc(-c2ccc([N+](=O)[O-])cc2)cs1. The third kappa shape index (κ3) is 3.11. The number of rotatable bonds is 4. The molecule has 0 radical (unpaired) electrons. The summed E-state index contributed by atoms with van der Waals surface area (Å²) in [6.07, 6.45) is 1.45. The highest BCUT2D eigenvalue weighted by Crippen LogP contribution is 2.27. The van der Waals surface area contributed by atoms with Crippen LogP contribution >= 0.6 is 11.3 Å². The van der Waals surface area contributed by atoms with E-state index in [4.69, 9.17) is 4.42 Å². The van der Waals surface area contributed by atoms with E-state index < -0.39 is 4.92 Å². The van der Waals surface area contributed by atoms with E-state index in [1.165, 1.54) is 29.7 Å². The van der Waals surface area contributed by atoms with Crippen molar-refractivity contribution >= 4 is 28.1 Å². The van der Waals surface area contributed by atoms with Crippen LogP contribution in [0.5, 0.6) is 0 Å². The molecular formula is C15H11N3O4S. The summed E-state index contributed by atoms with van der Waals surface area (Å²) in [6.45, 7) is 1.71. The van der Waals surface area contributed by atoms with Gasteiger partial charge in [-0.2, -0.15) is 0 Å². The molecule has 1 amide bonds. The number of hydrogen-bond acceptors (Lipinski definition) is 6. The van der Waals surface area contributed by atoms with Gasteiger partial charge in [0.05, 0.1) is 22.4 Å². The normalized spacial score (nSPS) is 10.5. The number of anilines is 1. The molecule has 1 aromatic carbocycles. The number of aryl methyl sites for hydroxylation is 1. The molecule has 0 unspecified atom stereocenters. The second-order valence-corrected chi connectivity index (χ2v) is 5.54. The fraction of sp³-hybridized carbons (Fsp3) is 0.0667. The highest BCUT2D eigenvalue weighted by atomic mass is 32.1. The van der Waals surface area contributed by atoms with Crippen molar-refractivity contribution in [1.29, 1.82) is 0 Å². The lowest BCUT2D eigenvalue weighted by Crippen LogP contribution is -2.11. The van der Waals surface area contributed by atoms with Crippen LogP contribution in [-0.2, 0) is 0 Å². The lowest BCUT2D eigenvalue weighted by molar-refractivity contribution is -0.384. The van der Waals surface area contributed by atoms with Gasteiger partial charge in [-0.05, 0) is 25.1 Å². The predicted octanol–water partition coefficient (Wildman–Crippen LogP) is 3.87. The van der Waals surface area contributed by atoms with Gasteiger partial charge in [0.15, 0.2) is 5.13 Å². The molecule has 0 spiro atoms. The first-order valence-electron chi connectivity index (χ1n) is 6.60. The van der Waals surface area contributed by atoms with Gasteiger partial charge in [0.2, 0.25) is 0 Å². The van der Waals surface area contributed by atoms with Crippen molar-refractivity contribution in [3.05, 3.63) is 63.4 Å². The number of aromatic nitrogens is 1. The monoisotopic (exact) mass is 329 g/mol. The van der Waals surface area contributed by atoms with Crippen molar-refractivity contribution in [2.24, 2.45) is 0 Å². The van der Waals surface area contributed by atoms with Gasteiger partial charge in [-0.25, -0.2) is 4.98 Å². The summed E-state index contributed by atoms with van der Waals surface area (Å²) >= 11 is 1.28. The quantitative estimate of drug-likeness (QED) is 0.578. The summed E-state index contributed by atoms with van der Waals surface area (Å²) in [5.41, 5.74) is 1.86. The first-order chi connectivity index (χ1) is 11.0. The molecule has 1 N–H and O–H groups in total. The smallest absolute Gasteiger partial charge is 0.269 e. The van der Waals surface area contributed by atoms with E-state index in [1.807, 2.05) is 0 Å². The molecule has 3 aromatic rings. The van der Waals surface area contributed by atoms with E-state index in [0.717, 1.165) is 5.56 Å². The minimum atomic E-state index is -0.455. The maximum atomic E-state index is 12.1. The van der Waals surface area contributed by atoms with Crippen molar-refractivity contribution < 1.29 is 14.1 Å². The molecule has 0 atom stereocenters. The minimum absolute atomic E-state index is 0.0212. The summed E-state index contributed by atoms with van der Waals surface area (Å²) in [5, 5.41) is 15.6. The van der Waals surface area contributed by atoms with Gasteiger partial charge in [-0.3, -0.25) is 20.2 Å². The van der Waals surface area contributed by atoms with Crippen LogP contribution in [0, 0.1) is 17.0 Å². The zero-order valence-corrected chi connectivity index (χ0v) is 12.8. The van der Waals surface area contributed by atoms with E-state index in [2.05, 4.69) is 10.3 Å². The first-order valence-corrected chi connectivity index (χ1v) is 7.48. The third-order valence-electron chi connectivity index (χ3n) is 3.20. The molecule has 3 rings (SSSR count). The number of benzene rings is 1. The Kier molecular flexibility index (Phi) is 3.90. The Hall–Kier alpha value is -3.00. The summed E-state index contributed by atoms with van der Waals surface area (Å²) in [6, 6.07) is 7.68. The number of carbonyl (C=O) groups excluding carboxylic acids is 1. The maximum Gasteiger partial charge on any atom is 0.269 e. The Morgan fingerprint density at radius 1 is 1.30 bits per heavy atom. The molecular weight excluding hydrogens is 318 g/mol. The highest BCUT2D eigenvalue weighted by molar-refractivity contribution is 7.14. The Labute approximate surface area is 134 Å². The van der Waals surface area contributed by atoms with Crippen LogP contribution in [0.15, 0.2) is 46.4 Å². The van der Waals surface area contributed by atoms with Crippen LogP contribution in [-0.4, -0.2) is 15.8 Å². The van der Waals surface area contributed by atoms with Crippen LogP contribution in [0.1, 0.15) is 16.1 Å². The van der Waals surface area contributed by atoms with Gasteiger partial charge < -0.3 is 4.42 Å². The number of thiazole rings is 1. The molecule has 0 fully saturated rings. The lowest BCUT2D eigenvalue weighted by atomic mass is 10.1. The number of furan rings is 1. The fourth-order valence-corrected chi connectivity index (χ4v) is 2.72. The molecule has 0 aliphatic heterocycles. The summed E-state index contributed by atoms with van der Waals surface area (Å²) in [4.78, 5) is 26.6. The van der Waals surface area contributed by atoms with Gasteiger partial charge in [0.25, 0.3) is 11.6 Å². The maximum absolute atomic E-state index is 12.1. The predicted molar refractivity (Wildman–Crippen MR) is 85.6 cm³/mol. The third-order valence-corrected chi connectivity index (χ3v) is 3.96. The summed E-state index contributed by atoms with van der Waals surface area (Å²) in [5.74, 6) is 0.246. The minimum Gasteiger partial charge on any atom is -0.469 e. The van der Waals surface area contributed by atoms with Crippen molar-refractivity contribution in [3.8, 4) is 11.3 Å². The number of amides is 1. The molecule has 0 aliphatic carbocycles. The van der Waals surface area contributed by atoms with Gasteiger partial charge in [-0.1, -0.05) is 0 Å². The van der Waals surface area contributed by atoms with Gasteiger partial charge >= 0.3 is 0 Å². The molecule has 116 valence electrons. The number of hydrogen-bond donors (Lipinski definition) is 1. The molecule has 8 heteroatoms. The molecule has 0 bridgehead atoms. The van der Waals surface area contributed by atoms with E-state index in [9.17, 15) is 14.9 Å². The van der Waals surface area contributed by atoms with E-state index in [1.54, 1.807) is 30.5 Å². The zero-order valence-electron chi connectivity index (χ0n) is 12.0. The molecule has 0 aliphatic rings. The van der Waals surface area contributed by atoms with E-state index in [0.29, 0.717) is 22.1 Å². The topological polar surface area (TPSA) is 98.3 Å². The van der Waals surface area contributed by atoms with Gasteiger partial charge in [-0.15, -0.1) is 11.3 Å². The Morgan fingerprint density at radius 2 is 2.04 bits per heavy atom. The Bertz CT molecular complexity index is 867. The van der Waals surface area contributed by atoms with Crippen LogP contribution in [0.3, 0.4) is 0 Å². The Morgan fingerprint density at radius 3 is 2.65 bits per heavy atom. The van der Waals surface area contributed by atoms with Crippen molar-refractivity contribution in [3.63, 3.8) is 0 Å². The first kappa shape index (κ1) is 14.9.